The third kappa shape index (κ3) is 3.60. The summed E-state index contributed by atoms with van der Waals surface area (Å²) in [4.78, 5) is 2.37. The smallest absolute Gasteiger partial charge is 0.149 e. The molecule has 5 heteroatoms. The number of rotatable bonds is 3. The third-order valence-electron chi connectivity index (χ3n) is 6.50. The molecule has 1 aromatic carbocycles. The quantitative estimate of drug-likeness (QED) is 0.842. The molecule has 1 aromatic heterocycles. The lowest BCUT2D eigenvalue weighted by Crippen LogP contribution is -2.40. The van der Waals surface area contributed by atoms with Crippen LogP contribution in [0.15, 0.2) is 18.2 Å². The lowest BCUT2D eigenvalue weighted by atomic mass is 9.89. The summed E-state index contributed by atoms with van der Waals surface area (Å²) in [6.07, 6.45) is 9.21. The fourth-order valence-electron chi connectivity index (χ4n) is 4.86. The predicted molar refractivity (Wildman–Crippen MR) is 112 cm³/mol. The maximum atomic E-state index is 10.8. The van der Waals surface area contributed by atoms with Crippen LogP contribution in [-0.4, -0.2) is 46.4 Å². The molecule has 3 aliphatic rings. The number of hydrogen-bond acceptors (Lipinski definition) is 5. The number of benzene rings is 1. The highest BCUT2D eigenvalue weighted by atomic mass is 16.3. The number of nitrogens with one attached hydrogen (secondary N) is 1. The van der Waals surface area contributed by atoms with Crippen molar-refractivity contribution in [3.05, 3.63) is 34.9 Å². The van der Waals surface area contributed by atoms with Crippen molar-refractivity contribution in [1.29, 1.82) is 0 Å². The molecule has 0 unspecified atom stereocenters. The SMILES string of the molecule is CN1CCC[C@@H](Nc2cc3c(nn2)-c2c(O)cc(C4CC4)cc2CCCC3)C1. The molecule has 0 amide bonds. The summed E-state index contributed by atoms with van der Waals surface area (Å²) in [6, 6.07) is 6.88. The van der Waals surface area contributed by atoms with E-state index < -0.39 is 0 Å². The number of aromatic nitrogens is 2. The minimum absolute atomic E-state index is 0.381. The lowest BCUT2D eigenvalue weighted by Gasteiger charge is -2.30. The summed E-state index contributed by atoms with van der Waals surface area (Å²) in [6.45, 7) is 2.22. The van der Waals surface area contributed by atoms with Crippen molar-refractivity contribution >= 4 is 5.82 Å². The van der Waals surface area contributed by atoms with Crippen LogP contribution in [0.2, 0.25) is 0 Å². The molecule has 2 N–H and O–H groups in total. The Labute approximate surface area is 167 Å². The number of hydrogen-bond donors (Lipinski definition) is 2. The van der Waals surface area contributed by atoms with Gasteiger partial charge in [0.05, 0.1) is 0 Å². The van der Waals surface area contributed by atoms with Crippen LogP contribution >= 0.6 is 0 Å². The van der Waals surface area contributed by atoms with Crippen LogP contribution in [0, 0.1) is 0 Å². The van der Waals surface area contributed by atoms with Gasteiger partial charge >= 0.3 is 0 Å². The fourth-order valence-corrected chi connectivity index (χ4v) is 4.86. The van der Waals surface area contributed by atoms with E-state index in [1.54, 1.807) is 0 Å². The summed E-state index contributed by atoms with van der Waals surface area (Å²) in [5.74, 6) is 1.90. The highest BCUT2D eigenvalue weighted by Crippen LogP contribution is 2.45. The maximum absolute atomic E-state index is 10.8. The van der Waals surface area contributed by atoms with Gasteiger partial charge in [0.1, 0.15) is 17.3 Å². The molecule has 2 aromatic rings. The van der Waals surface area contributed by atoms with Crippen LogP contribution < -0.4 is 5.32 Å². The van der Waals surface area contributed by atoms with Crippen molar-refractivity contribution in [1.82, 2.24) is 15.1 Å². The zero-order valence-electron chi connectivity index (χ0n) is 16.7. The molecule has 2 fully saturated rings. The zero-order valence-corrected chi connectivity index (χ0v) is 16.7. The second-order valence-electron chi connectivity index (χ2n) is 8.90. The monoisotopic (exact) mass is 378 g/mol. The number of nitrogens with zero attached hydrogens (tertiary/aromatic N) is 3. The van der Waals surface area contributed by atoms with Crippen LogP contribution in [0.3, 0.4) is 0 Å². The van der Waals surface area contributed by atoms with Crippen molar-refractivity contribution in [3.8, 4) is 17.0 Å². The Morgan fingerprint density at radius 3 is 2.61 bits per heavy atom. The second kappa shape index (κ2) is 7.36. The Bertz CT molecular complexity index is 877. The molecule has 28 heavy (non-hydrogen) atoms. The molecule has 1 saturated carbocycles. The van der Waals surface area contributed by atoms with E-state index in [2.05, 4.69) is 39.6 Å². The average Bonchev–Trinajstić information content (AvgIpc) is 3.49. The molecule has 1 saturated heterocycles. The van der Waals surface area contributed by atoms with Gasteiger partial charge < -0.3 is 15.3 Å². The molecule has 0 spiro atoms. The predicted octanol–water partition coefficient (Wildman–Crippen LogP) is 4.11. The van der Waals surface area contributed by atoms with Gasteiger partial charge in [-0.2, -0.15) is 0 Å². The van der Waals surface area contributed by atoms with Crippen LogP contribution in [-0.2, 0) is 12.8 Å². The first-order chi connectivity index (χ1) is 13.7. The molecule has 5 rings (SSSR count). The maximum Gasteiger partial charge on any atom is 0.149 e. The molecular formula is C23H30N4O. The molecule has 1 aliphatic heterocycles. The van der Waals surface area contributed by atoms with Crippen molar-refractivity contribution in [3.63, 3.8) is 0 Å². The first-order valence-electron chi connectivity index (χ1n) is 10.8. The number of aryl methyl sites for hydroxylation is 2. The summed E-state index contributed by atoms with van der Waals surface area (Å²) in [5, 5.41) is 23.6. The van der Waals surface area contributed by atoms with Crippen molar-refractivity contribution in [2.45, 2.75) is 63.3 Å². The highest BCUT2D eigenvalue weighted by molar-refractivity contribution is 5.75. The van der Waals surface area contributed by atoms with Crippen molar-refractivity contribution < 1.29 is 5.11 Å². The van der Waals surface area contributed by atoms with Gasteiger partial charge in [-0.05, 0) is 99.7 Å². The Hall–Kier alpha value is -2.14. The summed E-state index contributed by atoms with van der Waals surface area (Å²) in [5.41, 5.74) is 5.53. The number of likely N-dealkylation sites (N-methyl/N-ethyl adjacent to an activating group) is 1. The first kappa shape index (κ1) is 17.9. The number of phenolic OH excluding ortho intramolecular Hbond substituents is 1. The molecule has 0 bridgehead atoms. The van der Waals surface area contributed by atoms with Crippen LogP contribution in [0.4, 0.5) is 5.82 Å². The van der Waals surface area contributed by atoms with E-state index in [1.165, 1.54) is 48.9 Å². The van der Waals surface area contributed by atoms with Gasteiger partial charge in [-0.3, -0.25) is 0 Å². The number of piperidine rings is 1. The summed E-state index contributed by atoms with van der Waals surface area (Å²) in [7, 11) is 2.18. The van der Waals surface area contributed by atoms with E-state index in [1.807, 2.05) is 6.07 Å². The van der Waals surface area contributed by atoms with Crippen LogP contribution in [0.5, 0.6) is 5.75 Å². The molecule has 148 valence electrons. The summed E-state index contributed by atoms with van der Waals surface area (Å²) >= 11 is 0. The minimum atomic E-state index is 0.381. The van der Waals surface area contributed by atoms with E-state index in [-0.39, 0.29) is 0 Å². The summed E-state index contributed by atoms with van der Waals surface area (Å²) < 4.78 is 0. The van der Waals surface area contributed by atoms with E-state index in [9.17, 15) is 5.11 Å². The number of anilines is 1. The normalized spacial score (nSPS) is 22.7. The molecule has 2 heterocycles. The molecule has 0 radical (unpaired) electrons. The number of phenols is 1. The first-order valence-corrected chi connectivity index (χ1v) is 10.8. The third-order valence-corrected chi connectivity index (χ3v) is 6.50. The van der Waals surface area contributed by atoms with E-state index in [0.717, 1.165) is 49.3 Å². The fraction of sp³-hybridized carbons (Fsp3) is 0.565. The Kier molecular flexibility index (Phi) is 4.71. The van der Waals surface area contributed by atoms with Gasteiger partial charge in [0, 0.05) is 18.2 Å². The minimum Gasteiger partial charge on any atom is -0.507 e. The molecular weight excluding hydrogens is 348 g/mol. The Morgan fingerprint density at radius 1 is 1.00 bits per heavy atom. The van der Waals surface area contributed by atoms with Crippen LogP contribution in [0.25, 0.3) is 11.3 Å². The van der Waals surface area contributed by atoms with Gasteiger partial charge in [-0.15, -0.1) is 10.2 Å². The van der Waals surface area contributed by atoms with Crippen molar-refractivity contribution in [2.75, 3.05) is 25.5 Å². The van der Waals surface area contributed by atoms with Crippen LogP contribution in [0.1, 0.15) is 61.1 Å². The van der Waals surface area contributed by atoms with Gasteiger partial charge in [0.2, 0.25) is 0 Å². The molecule has 1 atom stereocenters. The number of likely N-dealkylation sites (tertiary alicyclic amines) is 1. The zero-order chi connectivity index (χ0) is 19.1. The standard InChI is InChI=1S/C23H30N4O/c1-27-10-4-7-19(14-27)24-21-13-17-6-3-2-5-16-11-18(15-8-9-15)12-20(28)22(16)23(17)26-25-21/h11-13,15,19,28H,2-10,14H2,1H3,(H,24,25)/t19-/m1/s1. The Balaban J connectivity index is 1.48. The average molecular weight is 379 g/mol. The van der Waals surface area contributed by atoms with E-state index in [4.69, 9.17) is 0 Å². The van der Waals surface area contributed by atoms with Gasteiger partial charge in [-0.1, -0.05) is 6.07 Å². The Morgan fingerprint density at radius 2 is 1.82 bits per heavy atom. The van der Waals surface area contributed by atoms with E-state index in [0.29, 0.717) is 17.7 Å². The molecule has 5 nitrogen and oxygen atoms in total. The highest BCUT2D eigenvalue weighted by Gasteiger charge is 2.27. The number of fused-ring (bicyclic) bond motifs is 3. The van der Waals surface area contributed by atoms with E-state index >= 15 is 0 Å². The second-order valence-corrected chi connectivity index (χ2v) is 8.90. The molecule has 2 aliphatic carbocycles. The van der Waals surface area contributed by atoms with Gasteiger partial charge in [0.15, 0.2) is 0 Å². The van der Waals surface area contributed by atoms with Crippen molar-refractivity contribution in [2.24, 2.45) is 0 Å². The topological polar surface area (TPSA) is 61.3 Å². The number of aromatic hydroxyl groups is 1. The lowest BCUT2D eigenvalue weighted by molar-refractivity contribution is 0.260. The van der Waals surface area contributed by atoms with Gasteiger partial charge in [0.25, 0.3) is 0 Å². The van der Waals surface area contributed by atoms with Gasteiger partial charge in [-0.25, -0.2) is 0 Å². The largest absolute Gasteiger partial charge is 0.507 e.